The maximum Gasteiger partial charge on any atom is 0.289 e. The van der Waals surface area contributed by atoms with Crippen LogP contribution in [0.15, 0.2) is 53.3 Å². The summed E-state index contributed by atoms with van der Waals surface area (Å²) in [6.07, 6.45) is 3.49. The Bertz CT molecular complexity index is 783. The second kappa shape index (κ2) is 5.26. The Morgan fingerprint density at radius 3 is 2.73 bits per heavy atom. The van der Waals surface area contributed by atoms with E-state index >= 15 is 0 Å². The predicted molar refractivity (Wildman–Crippen MR) is 85.1 cm³/mol. The lowest BCUT2D eigenvalue weighted by atomic mass is 10.2. The molecule has 22 heavy (non-hydrogen) atoms. The first-order valence-corrected chi connectivity index (χ1v) is 7.46. The van der Waals surface area contributed by atoms with E-state index in [1.807, 2.05) is 11.1 Å². The van der Waals surface area contributed by atoms with Crippen molar-refractivity contribution in [3.8, 4) is 0 Å². The smallest absolute Gasteiger partial charge is 0.289 e. The van der Waals surface area contributed by atoms with E-state index in [-0.39, 0.29) is 5.91 Å². The number of rotatable bonds is 2. The Morgan fingerprint density at radius 1 is 1.09 bits per heavy atom. The van der Waals surface area contributed by atoms with Gasteiger partial charge in [-0.25, -0.2) is 0 Å². The van der Waals surface area contributed by atoms with Gasteiger partial charge in [0.2, 0.25) is 0 Å². The molecule has 112 valence electrons. The Kier molecular flexibility index (Phi) is 3.11. The molecule has 5 nitrogen and oxygen atoms in total. The number of anilines is 1. The van der Waals surface area contributed by atoms with Crippen molar-refractivity contribution in [2.24, 2.45) is 0 Å². The summed E-state index contributed by atoms with van der Waals surface area (Å²) in [4.78, 5) is 19.6. The van der Waals surface area contributed by atoms with Gasteiger partial charge in [0.05, 0.1) is 6.26 Å². The second-order valence-electron chi connectivity index (χ2n) is 5.51. The Balaban J connectivity index is 1.46. The molecule has 3 aromatic rings. The zero-order valence-electron chi connectivity index (χ0n) is 12.2. The standard InChI is InChI=1S/C17H17N3O2/c21-17(16-2-1-11-22-16)20-9-7-19(8-10-20)14-3-4-15-13(12-14)5-6-18-15/h1-6,11-12,18H,7-10H2. The number of aromatic amines is 1. The van der Waals surface area contributed by atoms with Crippen molar-refractivity contribution in [1.82, 2.24) is 9.88 Å². The highest BCUT2D eigenvalue weighted by Crippen LogP contribution is 2.22. The highest BCUT2D eigenvalue weighted by atomic mass is 16.3. The lowest BCUT2D eigenvalue weighted by Gasteiger charge is -2.35. The maximum absolute atomic E-state index is 12.3. The summed E-state index contributed by atoms with van der Waals surface area (Å²) in [6.45, 7) is 3.10. The zero-order chi connectivity index (χ0) is 14.9. The predicted octanol–water partition coefficient (Wildman–Crippen LogP) is 2.72. The van der Waals surface area contributed by atoms with Crippen molar-refractivity contribution < 1.29 is 9.21 Å². The van der Waals surface area contributed by atoms with Crippen LogP contribution in [0.25, 0.3) is 10.9 Å². The number of carbonyl (C=O) groups is 1. The molecule has 2 aromatic heterocycles. The van der Waals surface area contributed by atoms with Crippen molar-refractivity contribution >= 4 is 22.5 Å². The van der Waals surface area contributed by atoms with E-state index in [9.17, 15) is 4.79 Å². The SMILES string of the molecule is O=C(c1ccco1)N1CCN(c2ccc3[nH]ccc3c2)CC1. The van der Waals surface area contributed by atoms with Crippen molar-refractivity contribution in [2.75, 3.05) is 31.1 Å². The van der Waals surface area contributed by atoms with Gasteiger partial charge in [-0.3, -0.25) is 4.79 Å². The third kappa shape index (κ3) is 2.24. The summed E-state index contributed by atoms with van der Waals surface area (Å²) in [5.41, 5.74) is 2.35. The molecule has 1 aliphatic rings. The molecule has 0 radical (unpaired) electrons. The normalized spacial score (nSPS) is 15.5. The van der Waals surface area contributed by atoms with Crippen LogP contribution in [-0.2, 0) is 0 Å². The molecular formula is C17H17N3O2. The monoisotopic (exact) mass is 295 g/mol. The number of fused-ring (bicyclic) bond motifs is 1. The quantitative estimate of drug-likeness (QED) is 0.791. The first-order chi connectivity index (χ1) is 10.8. The average molecular weight is 295 g/mol. The molecule has 0 aliphatic carbocycles. The molecular weight excluding hydrogens is 278 g/mol. The molecule has 0 spiro atoms. The van der Waals surface area contributed by atoms with Crippen LogP contribution in [0.2, 0.25) is 0 Å². The molecule has 5 heteroatoms. The third-order valence-electron chi connectivity index (χ3n) is 4.20. The van der Waals surface area contributed by atoms with Crippen LogP contribution < -0.4 is 4.90 Å². The van der Waals surface area contributed by atoms with Gasteiger partial charge in [-0.1, -0.05) is 0 Å². The van der Waals surface area contributed by atoms with Gasteiger partial charge in [-0.05, 0) is 36.4 Å². The van der Waals surface area contributed by atoms with E-state index in [4.69, 9.17) is 4.42 Å². The van der Waals surface area contributed by atoms with Crippen LogP contribution in [0, 0.1) is 0 Å². The number of piperazine rings is 1. The highest BCUT2D eigenvalue weighted by Gasteiger charge is 2.23. The van der Waals surface area contributed by atoms with Crippen LogP contribution in [0.3, 0.4) is 0 Å². The minimum Gasteiger partial charge on any atom is -0.459 e. The van der Waals surface area contributed by atoms with Crippen LogP contribution in [-0.4, -0.2) is 42.0 Å². The van der Waals surface area contributed by atoms with E-state index < -0.39 is 0 Å². The minimum absolute atomic E-state index is 0.0225. The molecule has 1 aliphatic heterocycles. The fraction of sp³-hybridized carbons (Fsp3) is 0.235. The number of aromatic nitrogens is 1. The van der Waals surface area contributed by atoms with E-state index in [2.05, 4.69) is 34.1 Å². The fourth-order valence-corrected chi connectivity index (χ4v) is 2.96. The first-order valence-electron chi connectivity index (χ1n) is 7.46. The van der Waals surface area contributed by atoms with Crippen molar-refractivity contribution in [3.63, 3.8) is 0 Å². The first kappa shape index (κ1) is 13.0. The summed E-state index contributed by atoms with van der Waals surface area (Å²) in [7, 11) is 0. The summed E-state index contributed by atoms with van der Waals surface area (Å²) in [5.74, 6) is 0.396. The highest BCUT2D eigenvalue weighted by molar-refractivity contribution is 5.91. The number of amides is 1. The molecule has 1 aromatic carbocycles. The van der Waals surface area contributed by atoms with Gasteiger partial charge in [0.1, 0.15) is 0 Å². The number of H-pyrrole nitrogens is 1. The van der Waals surface area contributed by atoms with Gasteiger partial charge in [0.25, 0.3) is 5.91 Å². The van der Waals surface area contributed by atoms with E-state index in [0.717, 1.165) is 18.6 Å². The second-order valence-corrected chi connectivity index (χ2v) is 5.51. The van der Waals surface area contributed by atoms with Gasteiger partial charge in [0.15, 0.2) is 5.76 Å². The topological polar surface area (TPSA) is 52.5 Å². The van der Waals surface area contributed by atoms with Gasteiger partial charge in [-0.2, -0.15) is 0 Å². The van der Waals surface area contributed by atoms with E-state index in [0.29, 0.717) is 18.8 Å². The number of furan rings is 1. The number of hydrogen-bond acceptors (Lipinski definition) is 3. The lowest BCUT2D eigenvalue weighted by Crippen LogP contribution is -2.48. The number of benzene rings is 1. The van der Waals surface area contributed by atoms with Crippen LogP contribution in [0.1, 0.15) is 10.6 Å². The zero-order valence-corrected chi connectivity index (χ0v) is 12.2. The maximum atomic E-state index is 12.3. The van der Waals surface area contributed by atoms with Gasteiger partial charge in [0, 0.05) is 49.0 Å². The number of carbonyl (C=O) groups excluding carboxylic acids is 1. The molecule has 0 saturated carbocycles. The fourth-order valence-electron chi connectivity index (χ4n) is 2.96. The van der Waals surface area contributed by atoms with E-state index in [1.165, 1.54) is 17.3 Å². The molecule has 0 bridgehead atoms. The van der Waals surface area contributed by atoms with Crippen LogP contribution >= 0.6 is 0 Å². The molecule has 3 heterocycles. The van der Waals surface area contributed by atoms with Gasteiger partial charge < -0.3 is 19.2 Å². The van der Waals surface area contributed by atoms with Gasteiger partial charge >= 0.3 is 0 Å². The van der Waals surface area contributed by atoms with E-state index in [1.54, 1.807) is 12.1 Å². The average Bonchev–Trinajstić information content (AvgIpc) is 3.25. The van der Waals surface area contributed by atoms with Crippen LogP contribution in [0.5, 0.6) is 0 Å². The summed E-state index contributed by atoms with van der Waals surface area (Å²) >= 11 is 0. The largest absolute Gasteiger partial charge is 0.459 e. The summed E-state index contributed by atoms with van der Waals surface area (Å²) < 4.78 is 5.19. The molecule has 0 unspecified atom stereocenters. The number of hydrogen-bond donors (Lipinski definition) is 1. The third-order valence-corrected chi connectivity index (χ3v) is 4.20. The van der Waals surface area contributed by atoms with Crippen molar-refractivity contribution in [2.45, 2.75) is 0 Å². The summed E-state index contributed by atoms with van der Waals surface area (Å²) in [5, 5.41) is 1.21. The Morgan fingerprint density at radius 2 is 1.95 bits per heavy atom. The molecule has 1 fully saturated rings. The lowest BCUT2D eigenvalue weighted by molar-refractivity contribution is 0.0714. The van der Waals surface area contributed by atoms with Gasteiger partial charge in [-0.15, -0.1) is 0 Å². The minimum atomic E-state index is -0.0225. The molecule has 1 saturated heterocycles. The van der Waals surface area contributed by atoms with Crippen LogP contribution in [0.4, 0.5) is 5.69 Å². The molecule has 1 amide bonds. The number of nitrogens with one attached hydrogen (secondary N) is 1. The molecule has 0 atom stereocenters. The van der Waals surface area contributed by atoms with Crippen molar-refractivity contribution in [1.29, 1.82) is 0 Å². The Hall–Kier alpha value is -2.69. The molecule has 1 N–H and O–H groups in total. The molecule has 4 rings (SSSR count). The van der Waals surface area contributed by atoms with Crippen molar-refractivity contribution in [3.05, 3.63) is 54.6 Å². The number of nitrogens with zero attached hydrogens (tertiary/aromatic N) is 2. The Labute approximate surface area is 128 Å². The summed E-state index contributed by atoms with van der Waals surface area (Å²) in [6, 6.07) is 12.0.